The second-order valence-electron chi connectivity index (χ2n) is 6.66. The van der Waals surface area contributed by atoms with E-state index in [0.29, 0.717) is 29.4 Å². The topological polar surface area (TPSA) is 55.3 Å². The summed E-state index contributed by atoms with van der Waals surface area (Å²) in [6.07, 6.45) is 8.33. The number of ether oxygens (including phenoxy) is 1. The standard InChI is InChI=1S/C16H21N3O2/c1-21-14-4-11-8-19(9-12(11)5-14)16(20)13-6-17-15(18-7-13)10-2-3-10/h6-7,10-12,14H,2-5,8-9H2,1H3/t11-,12+,14?. The SMILES string of the molecule is COC1C[C@@H]2CN(C(=O)c3cnc(C4CC4)nc3)C[C@@H]2C1. The van der Waals surface area contributed by atoms with E-state index in [4.69, 9.17) is 4.74 Å². The molecule has 1 aromatic rings. The lowest BCUT2D eigenvalue weighted by molar-refractivity contribution is 0.0730. The Morgan fingerprint density at radius 1 is 1.19 bits per heavy atom. The van der Waals surface area contributed by atoms with Crippen molar-refractivity contribution in [3.8, 4) is 0 Å². The molecule has 3 aliphatic rings. The van der Waals surface area contributed by atoms with Crippen LogP contribution in [-0.4, -0.2) is 47.1 Å². The molecule has 1 saturated heterocycles. The van der Waals surface area contributed by atoms with Crippen LogP contribution < -0.4 is 0 Å². The van der Waals surface area contributed by atoms with E-state index >= 15 is 0 Å². The highest BCUT2D eigenvalue weighted by atomic mass is 16.5. The van der Waals surface area contributed by atoms with Gasteiger partial charge in [-0.05, 0) is 37.5 Å². The Balaban J connectivity index is 1.42. The molecule has 0 spiro atoms. The van der Waals surface area contributed by atoms with Crippen molar-refractivity contribution in [2.75, 3.05) is 20.2 Å². The lowest BCUT2D eigenvalue weighted by atomic mass is 10.0. The predicted octanol–water partition coefficient (Wildman–Crippen LogP) is 1.85. The van der Waals surface area contributed by atoms with Crippen LogP contribution in [0.25, 0.3) is 0 Å². The predicted molar refractivity (Wildman–Crippen MR) is 76.9 cm³/mol. The molecule has 5 heteroatoms. The Morgan fingerprint density at radius 3 is 2.33 bits per heavy atom. The van der Waals surface area contributed by atoms with Crippen LogP contribution in [0.4, 0.5) is 0 Å². The summed E-state index contributed by atoms with van der Waals surface area (Å²) in [5.41, 5.74) is 0.627. The Hall–Kier alpha value is -1.49. The Kier molecular flexibility index (Phi) is 3.17. The molecule has 0 aromatic carbocycles. The fraction of sp³-hybridized carbons (Fsp3) is 0.688. The van der Waals surface area contributed by atoms with Gasteiger partial charge >= 0.3 is 0 Å². The monoisotopic (exact) mass is 287 g/mol. The van der Waals surface area contributed by atoms with Crippen molar-refractivity contribution < 1.29 is 9.53 Å². The molecular weight excluding hydrogens is 266 g/mol. The molecule has 1 aliphatic heterocycles. The zero-order valence-corrected chi connectivity index (χ0v) is 12.4. The van der Waals surface area contributed by atoms with Crippen LogP contribution in [0.2, 0.25) is 0 Å². The normalized spacial score (nSPS) is 31.5. The lowest BCUT2D eigenvalue weighted by Crippen LogP contribution is -2.30. The highest BCUT2D eigenvalue weighted by molar-refractivity contribution is 5.93. The first-order valence-corrected chi connectivity index (χ1v) is 7.88. The van der Waals surface area contributed by atoms with Gasteiger partial charge in [-0.3, -0.25) is 4.79 Å². The fourth-order valence-electron chi connectivity index (χ4n) is 3.79. The van der Waals surface area contributed by atoms with E-state index < -0.39 is 0 Å². The maximum Gasteiger partial charge on any atom is 0.257 e. The molecule has 4 rings (SSSR count). The molecule has 5 nitrogen and oxygen atoms in total. The van der Waals surface area contributed by atoms with Crippen molar-refractivity contribution >= 4 is 5.91 Å². The van der Waals surface area contributed by atoms with Crippen molar-refractivity contribution in [1.29, 1.82) is 0 Å². The van der Waals surface area contributed by atoms with Gasteiger partial charge in [-0.25, -0.2) is 9.97 Å². The lowest BCUT2D eigenvalue weighted by Gasteiger charge is -2.18. The first-order chi connectivity index (χ1) is 10.2. The van der Waals surface area contributed by atoms with Gasteiger partial charge in [-0.2, -0.15) is 0 Å². The minimum atomic E-state index is 0.0840. The zero-order valence-electron chi connectivity index (χ0n) is 12.4. The van der Waals surface area contributed by atoms with Crippen molar-refractivity contribution in [2.24, 2.45) is 11.8 Å². The average Bonchev–Trinajstić information content (AvgIpc) is 3.17. The van der Waals surface area contributed by atoms with Gasteiger partial charge in [0.2, 0.25) is 0 Å². The van der Waals surface area contributed by atoms with Gasteiger partial charge in [0, 0.05) is 38.5 Å². The van der Waals surface area contributed by atoms with Crippen LogP contribution in [0.15, 0.2) is 12.4 Å². The van der Waals surface area contributed by atoms with Crippen molar-refractivity contribution in [2.45, 2.75) is 37.7 Å². The van der Waals surface area contributed by atoms with Gasteiger partial charge in [0.05, 0.1) is 11.7 Å². The van der Waals surface area contributed by atoms with Gasteiger partial charge in [0.25, 0.3) is 5.91 Å². The van der Waals surface area contributed by atoms with Gasteiger partial charge < -0.3 is 9.64 Å². The van der Waals surface area contributed by atoms with Crippen LogP contribution in [0, 0.1) is 11.8 Å². The molecule has 21 heavy (non-hydrogen) atoms. The number of fused-ring (bicyclic) bond motifs is 1. The van der Waals surface area contributed by atoms with E-state index in [-0.39, 0.29) is 5.91 Å². The van der Waals surface area contributed by atoms with Crippen molar-refractivity contribution in [3.05, 3.63) is 23.8 Å². The summed E-state index contributed by atoms with van der Waals surface area (Å²) in [5, 5.41) is 0. The molecule has 2 saturated carbocycles. The summed E-state index contributed by atoms with van der Waals surface area (Å²) in [5.74, 6) is 2.72. The minimum Gasteiger partial charge on any atom is -0.381 e. The molecule has 1 aromatic heterocycles. The number of rotatable bonds is 3. The van der Waals surface area contributed by atoms with Crippen LogP contribution in [-0.2, 0) is 4.74 Å². The van der Waals surface area contributed by atoms with Crippen LogP contribution in [0.5, 0.6) is 0 Å². The van der Waals surface area contributed by atoms with Gasteiger partial charge in [-0.15, -0.1) is 0 Å². The maximum absolute atomic E-state index is 12.5. The Bertz CT molecular complexity index is 527. The number of aromatic nitrogens is 2. The smallest absolute Gasteiger partial charge is 0.257 e. The number of hydrogen-bond donors (Lipinski definition) is 0. The third-order valence-corrected chi connectivity index (χ3v) is 5.19. The number of carbonyl (C=O) groups excluding carboxylic acids is 1. The van der Waals surface area contributed by atoms with E-state index in [1.807, 2.05) is 4.90 Å². The van der Waals surface area contributed by atoms with Crippen LogP contribution in [0.1, 0.15) is 47.8 Å². The molecule has 112 valence electrons. The summed E-state index contributed by atoms with van der Waals surface area (Å²) >= 11 is 0. The zero-order chi connectivity index (χ0) is 14.4. The highest BCUT2D eigenvalue weighted by Gasteiger charge is 2.42. The Labute approximate surface area is 124 Å². The minimum absolute atomic E-state index is 0.0840. The molecule has 0 N–H and O–H groups in total. The number of likely N-dealkylation sites (tertiary alicyclic amines) is 1. The molecule has 1 amide bonds. The highest BCUT2D eigenvalue weighted by Crippen LogP contribution is 2.40. The fourth-order valence-corrected chi connectivity index (χ4v) is 3.79. The molecule has 3 fully saturated rings. The van der Waals surface area contributed by atoms with Gasteiger partial charge in [0.15, 0.2) is 0 Å². The quantitative estimate of drug-likeness (QED) is 0.851. The summed E-state index contributed by atoms with van der Waals surface area (Å²) in [6, 6.07) is 0. The van der Waals surface area contributed by atoms with Crippen molar-refractivity contribution in [1.82, 2.24) is 14.9 Å². The molecule has 3 atom stereocenters. The first-order valence-electron chi connectivity index (χ1n) is 7.88. The average molecular weight is 287 g/mol. The molecular formula is C16H21N3O2. The second kappa shape index (κ2) is 5.05. The Morgan fingerprint density at radius 2 is 1.81 bits per heavy atom. The molecule has 0 radical (unpaired) electrons. The van der Waals surface area contributed by atoms with Crippen molar-refractivity contribution in [3.63, 3.8) is 0 Å². The van der Waals surface area contributed by atoms with Gasteiger partial charge in [0.1, 0.15) is 5.82 Å². The maximum atomic E-state index is 12.5. The summed E-state index contributed by atoms with van der Waals surface area (Å²) < 4.78 is 5.45. The number of nitrogens with zero attached hydrogens (tertiary/aromatic N) is 3. The third-order valence-electron chi connectivity index (χ3n) is 5.19. The van der Waals surface area contributed by atoms with Crippen LogP contribution >= 0.6 is 0 Å². The number of methoxy groups -OCH3 is 1. The largest absolute Gasteiger partial charge is 0.381 e. The second-order valence-corrected chi connectivity index (χ2v) is 6.66. The summed E-state index contributed by atoms with van der Waals surface area (Å²) in [7, 11) is 1.79. The van der Waals surface area contributed by atoms with E-state index in [9.17, 15) is 4.79 Å². The molecule has 0 bridgehead atoms. The molecule has 1 unspecified atom stereocenters. The summed E-state index contributed by atoms with van der Waals surface area (Å²) in [4.78, 5) is 23.2. The van der Waals surface area contributed by atoms with Crippen LogP contribution in [0.3, 0.4) is 0 Å². The van der Waals surface area contributed by atoms with E-state index in [1.165, 1.54) is 12.8 Å². The molecule has 2 aliphatic carbocycles. The van der Waals surface area contributed by atoms with E-state index in [2.05, 4.69) is 9.97 Å². The number of hydrogen-bond acceptors (Lipinski definition) is 4. The van der Waals surface area contributed by atoms with E-state index in [0.717, 1.165) is 31.8 Å². The van der Waals surface area contributed by atoms with Gasteiger partial charge in [-0.1, -0.05) is 0 Å². The molecule has 2 heterocycles. The number of carbonyl (C=O) groups is 1. The summed E-state index contributed by atoms with van der Waals surface area (Å²) in [6.45, 7) is 1.71. The number of amides is 1. The van der Waals surface area contributed by atoms with E-state index in [1.54, 1.807) is 19.5 Å². The third kappa shape index (κ3) is 2.44. The first kappa shape index (κ1) is 13.2.